The van der Waals surface area contributed by atoms with E-state index in [-0.39, 0.29) is 22.4 Å². The highest BCUT2D eigenvalue weighted by atomic mass is 19.4. The Kier molecular flexibility index (Phi) is 4.14. The highest BCUT2D eigenvalue weighted by Crippen LogP contribution is 2.31. The summed E-state index contributed by atoms with van der Waals surface area (Å²) in [6, 6.07) is 11.0. The van der Waals surface area contributed by atoms with Gasteiger partial charge < -0.3 is 14.5 Å². The van der Waals surface area contributed by atoms with Gasteiger partial charge in [0.25, 0.3) is 11.5 Å². The van der Waals surface area contributed by atoms with Crippen molar-refractivity contribution in [3.63, 3.8) is 0 Å². The third kappa shape index (κ3) is 3.12. The maximum atomic E-state index is 13.0. The van der Waals surface area contributed by atoms with E-state index in [1.807, 2.05) is 0 Å². The van der Waals surface area contributed by atoms with E-state index in [1.165, 1.54) is 36.9 Å². The molecule has 0 aliphatic heterocycles. The molecule has 148 valence electrons. The highest BCUT2D eigenvalue weighted by molar-refractivity contribution is 6.04. The van der Waals surface area contributed by atoms with Gasteiger partial charge in [-0.1, -0.05) is 12.1 Å². The number of nitrogens with one attached hydrogen (secondary N) is 1. The molecule has 29 heavy (non-hydrogen) atoms. The zero-order valence-corrected chi connectivity index (χ0v) is 15.3. The number of fused-ring (bicyclic) bond motifs is 2. The zero-order valence-electron chi connectivity index (χ0n) is 15.3. The molecule has 10 heteroatoms. The number of imidazole rings is 1. The van der Waals surface area contributed by atoms with Crippen LogP contribution in [0, 0.1) is 0 Å². The van der Waals surface area contributed by atoms with Crippen molar-refractivity contribution in [1.29, 1.82) is 0 Å². The molecule has 4 aromatic rings. The van der Waals surface area contributed by atoms with Crippen LogP contribution in [0.25, 0.3) is 22.1 Å². The Hall–Kier alpha value is -3.69. The van der Waals surface area contributed by atoms with Crippen LogP contribution < -0.4 is 10.9 Å². The van der Waals surface area contributed by atoms with Gasteiger partial charge >= 0.3 is 6.18 Å². The molecule has 0 aliphatic rings. The molecule has 0 unspecified atom stereocenters. The number of rotatable bonds is 2. The first kappa shape index (κ1) is 18.7. The van der Waals surface area contributed by atoms with Crippen LogP contribution >= 0.6 is 0 Å². The molecule has 0 saturated heterocycles. The first-order valence-corrected chi connectivity index (χ1v) is 8.47. The topological polar surface area (TPSA) is 81.8 Å². The molecule has 1 N–H and O–H groups in total. The number of hydrogen-bond donors (Lipinski definition) is 1. The van der Waals surface area contributed by atoms with E-state index >= 15 is 0 Å². The average molecular weight is 401 g/mol. The van der Waals surface area contributed by atoms with E-state index in [2.05, 4.69) is 15.3 Å². The van der Waals surface area contributed by atoms with Crippen LogP contribution in [0.1, 0.15) is 16.3 Å². The molecule has 0 spiro atoms. The summed E-state index contributed by atoms with van der Waals surface area (Å²) in [5.74, 6) is -1.80. The van der Waals surface area contributed by atoms with E-state index in [4.69, 9.17) is 0 Å². The molecule has 2 aromatic heterocycles. The summed E-state index contributed by atoms with van der Waals surface area (Å²) in [5, 5.41) is 2.51. The van der Waals surface area contributed by atoms with Crippen LogP contribution in [0.2, 0.25) is 0 Å². The Morgan fingerprint density at radius 1 is 0.966 bits per heavy atom. The minimum absolute atomic E-state index is 0.0667. The van der Waals surface area contributed by atoms with Gasteiger partial charge in [-0.05, 0) is 30.3 Å². The van der Waals surface area contributed by atoms with Gasteiger partial charge in [0.2, 0.25) is 5.82 Å². The number of nitrogens with zero attached hydrogens (tertiary/aromatic N) is 4. The Morgan fingerprint density at radius 3 is 2.38 bits per heavy atom. The normalized spacial score (nSPS) is 11.9. The van der Waals surface area contributed by atoms with Crippen molar-refractivity contribution in [2.45, 2.75) is 6.18 Å². The second-order valence-corrected chi connectivity index (χ2v) is 6.46. The van der Waals surface area contributed by atoms with Crippen LogP contribution in [0.3, 0.4) is 0 Å². The number of carbonyl (C=O) groups excluding carboxylic acids is 1. The summed E-state index contributed by atoms with van der Waals surface area (Å²) >= 11 is 0. The monoisotopic (exact) mass is 401 g/mol. The molecule has 2 heterocycles. The molecule has 0 aliphatic carbocycles. The molecule has 4 rings (SSSR count). The first-order valence-electron chi connectivity index (χ1n) is 8.47. The van der Waals surface area contributed by atoms with Gasteiger partial charge in [0.05, 0.1) is 22.1 Å². The molecule has 0 atom stereocenters. The van der Waals surface area contributed by atoms with E-state index in [0.717, 1.165) is 4.57 Å². The summed E-state index contributed by atoms with van der Waals surface area (Å²) in [5.41, 5.74) is 0.666. The lowest BCUT2D eigenvalue weighted by Crippen LogP contribution is -2.29. The number of halogens is 3. The number of hydrogen-bond acceptors (Lipinski definition) is 4. The lowest BCUT2D eigenvalue weighted by atomic mass is 10.2. The van der Waals surface area contributed by atoms with Gasteiger partial charge in [-0.25, -0.2) is 9.97 Å². The Bertz CT molecular complexity index is 1340. The molecule has 0 fully saturated rings. The van der Waals surface area contributed by atoms with Crippen molar-refractivity contribution in [2.75, 3.05) is 5.32 Å². The van der Waals surface area contributed by atoms with Crippen molar-refractivity contribution in [2.24, 2.45) is 14.1 Å². The number of aromatic nitrogens is 4. The fraction of sp³-hybridized carbons (Fsp3) is 0.158. The largest absolute Gasteiger partial charge is 0.449 e. The molecule has 1 amide bonds. The standard InChI is InChI=1S/C19H14F3N5O2/c1-26-13-6-4-3-5-11(13)24-15(17(26)29)16(28)23-10-7-8-14-12(9-10)25-18(27(14)2)19(20,21)22/h3-9H,1-2H3,(H,23,28). The van der Waals surface area contributed by atoms with E-state index < -0.39 is 23.5 Å². The van der Waals surface area contributed by atoms with Gasteiger partial charge in [-0.15, -0.1) is 0 Å². The van der Waals surface area contributed by atoms with Crippen molar-refractivity contribution in [1.82, 2.24) is 19.1 Å². The number of para-hydroxylation sites is 2. The first-order chi connectivity index (χ1) is 13.7. The maximum absolute atomic E-state index is 13.0. The minimum atomic E-state index is -4.60. The molecule has 0 saturated carbocycles. The van der Waals surface area contributed by atoms with E-state index in [0.29, 0.717) is 11.0 Å². The van der Waals surface area contributed by atoms with Crippen molar-refractivity contribution in [3.05, 3.63) is 64.3 Å². The Morgan fingerprint density at radius 2 is 1.66 bits per heavy atom. The van der Waals surface area contributed by atoms with Crippen LogP contribution in [-0.4, -0.2) is 25.0 Å². The predicted molar refractivity (Wildman–Crippen MR) is 101 cm³/mol. The number of amides is 1. The van der Waals surface area contributed by atoms with Crippen molar-refractivity contribution < 1.29 is 18.0 Å². The summed E-state index contributed by atoms with van der Waals surface area (Å²) in [4.78, 5) is 32.8. The second-order valence-electron chi connectivity index (χ2n) is 6.46. The summed E-state index contributed by atoms with van der Waals surface area (Å²) < 4.78 is 41.3. The molecule has 7 nitrogen and oxygen atoms in total. The Labute approximate surface area is 161 Å². The number of aryl methyl sites for hydroxylation is 2. The lowest BCUT2D eigenvalue weighted by Gasteiger charge is -2.08. The van der Waals surface area contributed by atoms with E-state index in [9.17, 15) is 22.8 Å². The van der Waals surface area contributed by atoms with Crippen LogP contribution in [0.5, 0.6) is 0 Å². The fourth-order valence-corrected chi connectivity index (χ4v) is 3.15. The smallest absolute Gasteiger partial charge is 0.323 e. The molecule has 0 radical (unpaired) electrons. The van der Waals surface area contributed by atoms with Gasteiger partial charge in [0, 0.05) is 19.8 Å². The van der Waals surface area contributed by atoms with Crippen molar-refractivity contribution in [3.8, 4) is 0 Å². The van der Waals surface area contributed by atoms with Gasteiger partial charge in [0.15, 0.2) is 5.69 Å². The molecule has 2 aromatic carbocycles. The number of carbonyl (C=O) groups is 1. The van der Waals surface area contributed by atoms with Crippen LogP contribution in [0.15, 0.2) is 47.3 Å². The quantitative estimate of drug-likeness (QED) is 0.560. The molecular formula is C19H14F3N5O2. The Balaban J connectivity index is 1.72. The van der Waals surface area contributed by atoms with Gasteiger partial charge in [-0.3, -0.25) is 9.59 Å². The molecule has 0 bridgehead atoms. The summed E-state index contributed by atoms with van der Waals surface area (Å²) in [6.07, 6.45) is -4.60. The SMILES string of the molecule is Cn1c(C(F)(F)F)nc2cc(NC(=O)c3nc4ccccc4n(C)c3=O)ccc21. The van der Waals surface area contributed by atoms with Gasteiger partial charge in [0.1, 0.15) is 0 Å². The third-order valence-electron chi connectivity index (χ3n) is 4.59. The number of benzene rings is 2. The number of alkyl halides is 3. The summed E-state index contributed by atoms with van der Waals surface area (Å²) in [7, 11) is 2.79. The number of anilines is 1. The fourth-order valence-electron chi connectivity index (χ4n) is 3.15. The van der Waals surface area contributed by atoms with E-state index in [1.54, 1.807) is 24.3 Å². The third-order valence-corrected chi connectivity index (χ3v) is 4.59. The maximum Gasteiger partial charge on any atom is 0.449 e. The van der Waals surface area contributed by atoms with Crippen LogP contribution in [0.4, 0.5) is 18.9 Å². The van der Waals surface area contributed by atoms with Crippen molar-refractivity contribution >= 4 is 33.7 Å². The summed E-state index contributed by atoms with van der Waals surface area (Å²) in [6.45, 7) is 0. The minimum Gasteiger partial charge on any atom is -0.323 e. The lowest BCUT2D eigenvalue weighted by molar-refractivity contribution is -0.146. The zero-order chi connectivity index (χ0) is 20.9. The highest BCUT2D eigenvalue weighted by Gasteiger charge is 2.36. The van der Waals surface area contributed by atoms with Crippen LogP contribution in [-0.2, 0) is 20.3 Å². The average Bonchev–Trinajstić information content (AvgIpc) is 3.01. The predicted octanol–water partition coefficient (Wildman–Crippen LogP) is 3.09. The van der Waals surface area contributed by atoms with Gasteiger partial charge in [-0.2, -0.15) is 13.2 Å². The molecular weight excluding hydrogens is 387 g/mol. The second kappa shape index (κ2) is 6.43.